The number of nitrogens with zero attached hydrogens (tertiary/aromatic N) is 3. The topological polar surface area (TPSA) is 59.9 Å². The molecule has 1 saturated heterocycles. The minimum Gasteiger partial charge on any atom is -0.372 e. The largest absolute Gasteiger partial charge is 0.372 e. The van der Waals surface area contributed by atoms with Crippen molar-refractivity contribution in [1.29, 1.82) is 0 Å². The van der Waals surface area contributed by atoms with E-state index in [1.165, 1.54) is 12.8 Å². The maximum Gasteiger partial charge on any atom is 0.223 e. The molecule has 0 radical (unpaired) electrons. The third kappa shape index (κ3) is 2.74. The fourth-order valence-corrected chi connectivity index (χ4v) is 2.67. The van der Waals surface area contributed by atoms with Crippen LogP contribution in [-0.4, -0.2) is 27.6 Å². The summed E-state index contributed by atoms with van der Waals surface area (Å²) in [4.78, 5) is 13.3. The number of nitrogens with one attached hydrogen (secondary N) is 1. The van der Waals surface area contributed by atoms with Gasteiger partial charge in [-0.3, -0.25) is 4.98 Å². The Balaban J connectivity index is 1.73. The molecule has 108 valence electrons. The van der Waals surface area contributed by atoms with E-state index in [-0.39, 0.29) is 6.10 Å². The first-order valence-electron chi connectivity index (χ1n) is 7.55. The third-order valence-electron chi connectivity index (χ3n) is 3.95. The van der Waals surface area contributed by atoms with E-state index in [2.05, 4.69) is 15.3 Å². The maximum atomic E-state index is 5.84. The van der Waals surface area contributed by atoms with Gasteiger partial charge in [-0.1, -0.05) is 0 Å². The standard InChI is InChI=1S/C16H18N4O/c1-2-14(21-9-1)15-13(11-5-7-17-8-6-11)10-18-16(20-15)19-12-3-4-12/h5-8,10,12,14H,1-4,9H2,(H,18,19,20)/t14-/m0/s1. The lowest BCUT2D eigenvalue weighted by Crippen LogP contribution is -2.10. The van der Waals surface area contributed by atoms with Gasteiger partial charge in [-0.25, -0.2) is 9.97 Å². The van der Waals surface area contributed by atoms with Gasteiger partial charge in [0.25, 0.3) is 0 Å². The van der Waals surface area contributed by atoms with Crippen LogP contribution in [0, 0.1) is 0 Å². The van der Waals surface area contributed by atoms with Gasteiger partial charge in [0, 0.05) is 36.8 Å². The van der Waals surface area contributed by atoms with Crippen LogP contribution in [0.15, 0.2) is 30.7 Å². The van der Waals surface area contributed by atoms with Crippen molar-refractivity contribution in [3.63, 3.8) is 0 Å². The van der Waals surface area contributed by atoms with Gasteiger partial charge in [0.1, 0.15) is 6.10 Å². The molecule has 2 fully saturated rings. The van der Waals surface area contributed by atoms with Crippen LogP contribution in [0.25, 0.3) is 11.1 Å². The Kier molecular flexibility index (Phi) is 3.27. The van der Waals surface area contributed by atoms with E-state index in [1.807, 2.05) is 18.3 Å². The highest BCUT2D eigenvalue weighted by atomic mass is 16.5. The Bertz CT molecular complexity index is 621. The lowest BCUT2D eigenvalue weighted by atomic mass is 10.0. The SMILES string of the molecule is c1cc(-c2cnc(NC3CC3)nc2[C@@H]2CCCO2)ccn1. The second-order valence-corrected chi connectivity index (χ2v) is 5.65. The molecule has 0 unspecified atom stereocenters. The quantitative estimate of drug-likeness (QED) is 0.934. The highest BCUT2D eigenvalue weighted by molar-refractivity contribution is 5.65. The van der Waals surface area contributed by atoms with Crippen molar-refractivity contribution in [2.45, 2.75) is 37.8 Å². The van der Waals surface area contributed by atoms with Crippen molar-refractivity contribution < 1.29 is 4.74 Å². The van der Waals surface area contributed by atoms with Gasteiger partial charge in [0.15, 0.2) is 0 Å². The average Bonchev–Trinajstić information content (AvgIpc) is 3.18. The number of aromatic nitrogens is 3. The lowest BCUT2D eigenvalue weighted by molar-refractivity contribution is 0.109. The van der Waals surface area contributed by atoms with Gasteiger partial charge >= 0.3 is 0 Å². The molecule has 21 heavy (non-hydrogen) atoms. The summed E-state index contributed by atoms with van der Waals surface area (Å²) < 4.78 is 5.84. The molecule has 2 aromatic heterocycles. The van der Waals surface area contributed by atoms with Crippen LogP contribution in [0.4, 0.5) is 5.95 Å². The van der Waals surface area contributed by atoms with E-state index in [9.17, 15) is 0 Å². The summed E-state index contributed by atoms with van der Waals surface area (Å²) in [6.07, 6.45) is 10.1. The molecule has 0 bridgehead atoms. The Hall–Kier alpha value is -2.01. The first-order chi connectivity index (χ1) is 10.4. The summed E-state index contributed by atoms with van der Waals surface area (Å²) in [7, 11) is 0. The molecule has 4 rings (SSSR count). The molecule has 1 aliphatic carbocycles. The van der Waals surface area contributed by atoms with E-state index in [0.717, 1.165) is 42.2 Å². The van der Waals surface area contributed by atoms with E-state index >= 15 is 0 Å². The molecule has 0 aromatic carbocycles. The number of anilines is 1. The van der Waals surface area contributed by atoms with Crippen molar-refractivity contribution in [3.8, 4) is 11.1 Å². The molecular formula is C16H18N4O. The zero-order chi connectivity index (χ0) is 14.1. The molecule has 1 saturated carbocycles. The monoisotopic (exact) mass is 282 g/mol. The summed E-state index contributed by atoms with van der Waals surface area (Å²) >= 11 is 0. The lowest BCUT2D eigenvalue weighted by Gasteiger charge is -2.15. The van der Waals surface area contributed by atoms with Crippen LogP contribution < -0.4 is 5.32 Å². The van der Waals surface area contributed by atoms with Crippen LogP contribution in [0.3, 0.4) is 0 Å². The summed E-state index contributed by atoms with van der Waals surface area (Å²) in [6, 6.07) is 4.53. The van der Waals surface area contributed by atoms with E-state index in [4.69, 9.17) is 9.72 Å². The number of ether oxygens (including phenoxy) is 1. The third-order valence-corrected chi connectivity index (χ3v) is 3.95. The second-order valence-electron chi connectivity index (χ2n) is 5.65. The first-order valence-corrected chi connectivity index (χ1v) is 7.55. The molecule has 2 aromatic rings. The molecular weight excluding hydrogens is 264 g/mol. The smallest absolute Gasteiger partial charge is 0.223 e. The Labute approximate surface area is 123 Å². The summed E-state index contributed by atoms with van der Waals surface area (Å²) in [6.45, 7) is 0.815. The summed E-state index contributed by atoms with van der Waals surface area (Å²) in [5, 5.41) is 3.37. The van der Waals surface area contributed by atoms with Gasteiger partial charge in [0.2, 0.25) is 5.95 Å². The molecule has 5 heteroatoms. The van der Waals surface area contributed by atoms with Crippen molar-refractivity contribution in [3.05, 3.63) is 36.4 Å². The predicted octanol–water partition coefficient (Wildman–Crippen LogP) is 2.96. The van der Waals surface area contributed by atoms with Crippen LogP contribution in [0.1, 0.15) is 37.5 Å². The predicted molar refractivity (Wildman–Crippen MR) is 79.8 cm³/mol. The van der Waals surface area contributed by atoms with Crippen LogP contribution in [0.5, 0.6) is 0 Å². The molecule has 3 heterocycles. The van der Waals surface area contributed by atoms with E-state index in [0.29, 0.717) is 6.04 Å². The van der Waals surface area contributed by atoms with E-state index < -0.39 is 0 Å². The molecule has 1 aliphatic heterocycles. The fraction of sp³-hybridized carbons (Fsp3) is 0.438. The number of rotatable bonds is 4. The highest BCUT2D eigenvalue weighted by Crippen LogP contribution is 2.35. The minimum atomic E-state index is 0.0796. The Morgan fingerprint density at radius 3 is 2.71 bits per heavy atom. The first kappa shape index (κ1) is 12.7. The summed E-state index contributed by atoms with van der Waals surface area (Å²) in [5.74, 6) is 0.723. The zero-order valence-electron chi connectivity index (χ0n) is 11.8. The normalized spacial score (nSPS) is 21.4. The van der Waals surface area contributed by atoms with Gasteiger partial charge in [-0.15, -0.1) is 0 Å². The maximum absolute atomic E-state index is 5.84. The summed E-state index contributed by atoms with van der Waals surface area (Å²) in [5.41, 5.74) is 3.14. The molecule has 2 aliphatic rings. The van der Waals surface area contributed by atoms with Gasteiger partial charge in [-0.2, -0.15) is 0 Å². The zero-order valence-corrected chi connectivity index (χ0v) is 11.8. The minimum absolute atomic E-state index is 0.0796. The second kappa shape index (κ2) is 5.41. The van der Waals surface area contributed by atoms with Crippen molar-refractivity contribution in [1.82, 2.24) is 15.0 Å². The molecule has 1 N–H and O–H groups in total. The van der Waals surface area contributed by atoms with Crippen molar-refractivity contribution >= 4 is 5.95 Å². The van der Waals surface area contributed by atoms with Crippen LogP contribution >= 0.6 is 0 Å². The fourth-order valence-electron chi connectivity index (χ4n) is 2.67. The van der Waals surface area contributed by atoms with Crippen LogP contribution in [-0.2, 0) is 4.74 Å². The van der Waals surface area contributed by atoms with Crippen LogP contribution in [0.2, 0.25) is 0 Å². The van der Waals surface area contributed by atoms with Gasteiger partial charge < -0.3 is 10.1 Å². The molecule has 0 amide bonds. The number of pyridine rings is 1. The van der Waals surface area contributed by atoms with Crippen molar-refractivity contribution in [2.75, 3.05) is 11.9 Å². The van der Waals surface area contributed by atoms with E-state index in [1.54, 1.807) is 12.4 Å². The molecule has 1 atom stereocenters. The van der Waals surface area contributed by atoms with Crippen molar-refractivity contribution in [2.24, 2.45) is 0 Å². The van der Waals surface area contributed by atoms with Gasteiger partial charge in [-0.05, 0) is 43.4 Å². The molecule has 0 spiro atoms. The number of hydrogen-bond acceptors (Lipinski definition) is 5. The van der Waals surface area contributed by atoms with Gasteiger partial charge in [0.05, 0.1) is 5.69 Å². The molecule has 5 nitrogen and oxygen atoms in total. The Morgan fingerprint density at radius 1 is 1.14 bits per heavy atom. The Morgan fingerprint density at radius 2 is 2.00 bits per heavy atom. The highest BCUT2D eigenvalue weighted by Gasteiger charge is 2.26. The number of hydrogen-bond donors (Lipinski definition) is 1. The average molecular weight is 282 g/mol.